The van der Waals surface area contributed by atoms with Crippen LogP contribution in [-0.4, -0.2) is 41.1 Å². The van der Waals surface area contributed by atoms with Gasteiger partial charge in [-0.2, -0.15) is 0 Å². The fourth-order valence-electron chi connectivity index (χ4n) is 2.22. The summed E-state index contributed by atoms with van der Waals surface area (Å²) in [6.07, 6.45) is 0.430. The third-order valence-corrected chi connectivity index (χ3v) is 4.28. The number of hydrogen-bond donors (Lipinski definition) is 3. The molecule has 0 unspecified atom stereocenters. The van der Waals surface area contributed by atoms with Gasteiger partial charge in [0.2, 0.25) is 11.8 Å². The summed E-state index contributed by atoms with van der Waals surface area (Å²) in [7, 11) is 0. The van der Waals surface area contributed by atoms with Crippen LogP contribution in [0, 0.1) is 0 Å². The van der Waals surface area contributed by atoms with Crippen LogP contribution in [0.5, 0.6) is 0 Å². The van der Waals surface area contributed by atoms with E-state index < -0.39 is 6.03 Å². The molecule has 0 aliphatic carbocycles. The number of benzene rings is 1. The Hall–Kier alpha value is -2.52. The number of amides is 4. The summed E-state index contributed by atoms with van der Waals surface area (Å²) in [5.41, 5.74) is 1.21. The molecule has 23 heavy (non-hydrogen) atoms. The van der Waals surface area contributed by atoms with Gasteiger partial charge in [0.25, 0.3) is 0 Å². The summed E-state index contributed by atoms with van der Waals surface area (Å²) in [6, 6.07) is 4.69. The lowest BCUT2D eigenvalue weighted by molar-refractivity contribution is -0.121. The summed E-state index contributed by atoms with van der Waals surface area (Å²) >= 11 is 1.22. The first-order valence-corrected chi connectivity index (χ1v) is 7.82. The van der Waals surface area contributed by atoms with Crippen LogP contribution < -0.4 is 15.5 Å². The monoisotopic (exact) mass is 334 g/mol. The number of anilines is 2. The van der Waals surface area contributed by atoms with E-state index in [4.69, 9.17) is 5.11 Å². The van der Waals surface area contributed by atoms with Crippen molar-refractivity contribution >= 4 is 50.2 Å². The third-order valence-electron chi connectivity index (χ3n) is 3.28. The molecule has 3 N–H and O–H groups in total. The molecule has 4 amide bonds. The van der Waals surface area contributed by atoms with Gasteiger partial charge in [0, 0.05) is 25.1 Å². The molecule has 1 fully saturated rings. The molecule has 1 saturated heterocycles. The summed E-state index contributed by atoms with van der Waals surface area (Å²) in [5.74, 6) is -0.480. The fraction of sp³-hybridized carbons (Fsp3) is 0.286. The number of imide groups is 1. The lowest BCUT2D eigenvalue weighted by Crippen LogP contribution is -2.30. The molecule has 120 valence electrons. The number of fused-ring (bicyclic) bond motifs is 1. The molecule has 0 spiro atoms. The molecule has 1 aliphatic heterocycles. The minimum atomic E-state index is -0.423. The number of aromatic nitrogens is 1. The second-order valence-corrected chi connectivity index (χ2v) is 5.92. The van der Waals surface area contributed by atoms with Crippen LogP contribution in [0.3, 0.4) is 0 Å². The summed E-state index contributed by atoms with van der Waals surface area (Å²) in [6.45, 7) is 0.0283. The number of aliphatic hydroxyl groups is 1. The van der Waals surface area contributed by atoms with E-state index >= 15 is 0 Å². The lowest BCUT2D eigenvalue weighted by Gasteiger charge is -2.07. The summed E-state index contributed by atoms with van der Waals surface area (Å²) < 4.78 is 0.757. The lowest BCUT2D eigenvalue weighted by atomic mass is 10.3. The van der Waals surface area contributed by atoms with E-state index in [1.54, 1.807) is 18.2 Å². The maximum absolute atomic E-state index is 11.8. The normalized spacial score (nSPS) is 14.6. The number of nitrogens with one attached hydrogen (secondary N) is 2. The van der Waals surface area contributed by atoms with Gasteiger partial charge in [0.05, 0.1) is 16.8 Å². The van der Waals surface area contributed by atoms with Crippen LogP contribution in [0.1, 0.15) is 12.8 Å². The number of nitrogens with zero attached hydrogens (tertiary/aromatic N) is 2. The zero-order valence-corrected chi connectivity index (χ0v) is 12.9. The largest absolute Gasteiger partial charge is 0.395 e. The molecule has 2 heterocycles. The molecular weight excluding hydrogens is 320 g/mol. The van der Waals surface area contributed by atoms with Crippen LogP contribution >= 0.6 is 11.3 Å². The van der Waals surface area contributed by atoms with Crippen molar-refractivity contribution in [2.45, 2.75) is 12.8 Å². The molecule has 8 nitrogen and oxygen atoms in total. The van der Waals surface area contributed by atoms with Crippen LogP contribution in [0.25, 0.3) is 10.2 Å². The van der Waals surface area contributed by atoms with Gasteiger partial charge in [0.15, 0.2) is 5.13 Å². The second kappa shape index (κ2) is 6.31. The van der Waals surface area contributed by atoms with E-state index in [9.17, 15) is 14.4 Å². The number of hydrogen-bond acceptors (Lipinski definition) is 6. The van der Waals surface area contributed by atoms with Crippen molar-refractivity contribution in [3.8, 4) is 0 Å². The van der Waals surface area contributed by atoms with Crippen molar-refractivity contribution < 1.29 is 19.5 Å². The van der Waals surface area contributed by atoms with Gasteiger partial charge in [-0.25, -0.2) is 14.7 Å². The van der Waals surface area contributed by atoms with Gasteiger partial charge in [-0.15, -0.1) is 0 Å². The Bertz CT molecular complexity index is 772. The maximum atomic E-state index is 11.8. The van der Waals surface area contributed by atoms with Gasteiger partial charge >= 0.3 is 6.03 Å². The van der Waals surface area contributed by atoms with Crippen LogP contribution in [0.4, 0.5) is 15.6 Å². The van der Waals surface area contributed by atoms with Gasteiger partial charge in [-0.3, -0.25) is 9.59 Å². The van der Waals surface area contributed by atoms with Gasteiger partial charge in [-0.1, -0.05) is 11.3 Å². The summed E-state index contributed by atoms with van der Waals surface area (Å²) in [4.78, 5) is 40.5. The van der Waals surface area contributed by atoms with E-state index in [1.807, 2.05) is 0 Å². The van der Waals surface area contributed by atoms with Crippen molar-refractivity contribution in [3.63, 3.8) is 0 Å². The van der Waals surface area contributed by atoms with Gasteiger partial charge < -0.3 is 15.7 Å². The standard InChI is InChI=1S/C14H14N4O4S/c19-6-5-15-13(22)16-8-1-2-9-10(7-8)23-14(17-9)18-11(20)3-4-12(18)21/h1-2,7,19H,3-6H2,(H2,15,16,22). The van der Waals surface area contributed by atoms with Gasteiger partial charge in [0.1, 0.15) is 0 Å². The Morgan fingerprint density at radius 1 is 1.30 bits per heavy atom. The fourth-order valence-corrected chi connectivity index (χ4v) is 3.26. The average Bonchev–Trinajstić information content (AvgIpc) is 3.07. The first-order valence-electron chi connectivity index (χ1n) is 7.00. The SMILES string of the molecule is O=C(NCCO)Nc1ccc2nc(N3C(=O)CCC3=O)sc2c1. The van der Waals surface area contributed by atoms with E-state index in [1.165, 1.54) is 11.3 Å². The quantitative estimate of drug-likeness (QED) is 0.724. The Kier molecular flexibility index (Phi) is 4.22. The van der Waals surface area contributed by atoms with E-state index in [0.717, 1.165) is 9.60 Å². The van der Waals surface area contributed by atoms with Crippen LogP contribution in [0.15, 0.2) is 18.2 Å². The maximum Gasteiger partial charge on any atom is 0.319 e. The minimum Gasteiger partial charge on any atom is -0.395 e. The number of rotatable bonds is 4. The Labute approximate surface area is 135 Å². The van der Waals surface area contributed by atoms with Crippen LogP contribution in [0.2, 0.25) is 0 Å². The second-order valence-electron chi connectivity index (χ2n) is 4.91. The molecule has 1 aromatic heterocycles. The zero-order chi connectivity index (χ0) is 16.4. The molecule has 1 aromatic carbocycles. The summed E-state index contributed by atoms with van der Waals surface area (Å²) in [5, 5.41) is 14.1. The number of aliphatic hydroxyl groups excluding tert-OH is 1. The predicted octanol–water partition coefficient (Wildman–Crippen LogP) is 1.06. The number of urea groups is 1. The number of thiazole rings is 1. The van der Waals surface area contributed by atoms with E-state index in [-0.39, 0.29) is 37.8 Å². The highest BCUT2D eigenvalue weighted by molar-refractivity contribution is 7.22. The molecule has 2 aromatic rings. The first-order chi connectivity index (χ1) is 11.1. The van der Waals surface area contributed by atoms with Crippen molar-refractivity contribution in [2.75, 3.05) is 23.4 Å². The third kappa shape index (κ3) is 3.15. The van der Waals surface area contributed by atoms with E-state index in [2.05, 4.69) is 15.6 Å². The highest BCUT2D eigenvalue weighted by Crippen LogP contribution is 2.33. The average molecular weight is 334 g/mol. The zero-order valence-electron chi connectivity index (χ0n) is 12.0. The van der Waals surface area contributed by atoms with E-state index in [0.29, 0.717) is 16.3 Å². The number of carbonyl (C=O) groups excluding carboxylic acids is 3. The molecule has 0 saturated carbocycles. The molecule has 1 aliphatic rings. The van der Waals surface area contributed by atoms with Gasteiger partial charge in [-0.05, 0) is 18.2 Å². The Morgan fingerprint density at radius 3 is 2.74 bits per heavy atom. The highest BCUT2D eigenvalue weighted by atomic mass is 32.1. The predicted molar refractivity (Wildman–Crippen MR) is 85.5 cm³/mol. The Morgan fingerprint density at radius 2 is 2.04 bits per heavy atom. The molecular formula is C14H14N4O4S. The smallest absolute Gasteiger partial charge is 0.319 e. The molecule has 0 atom stereocenters. The molecule has 0 bridgehead atoms. The van der Waals surface area contributed by atoms with Crippen molar-refractivity contribution in [1.82, 2.24) is 10.3 Å². The topological polar surface area (TPSA) is 112 Å². The first kappa shape index (κ1) is 15.4. The minimum absolute atomic E-state index is 0.136. The van der Waals surface area contributed by atoms with Crippen LogP contribution in [-0.2, 0) is 9.59 Å². The molecule has 9 heteroatoms. The van der Waals surface area contributed by atoms with Crippen molar-refractivity contribution in [2.24, 2.45) is 0 Å². The highest BCUT2D eigenvalue weighted by Gasteiger charge is 2.32. The molecule has 3 rings (SSSR count). The Balaban J connectivity index is 1.82. The number of carbonyl (C=O) groups is 3. The van der Waals surface area contributed by atoms with Crippen molar-refractivity contribution in [3.05, 3.63) is 18.2 Å². The van der Waals surface area contributed by atoms with Crippen molar-refractivity contribution in [1.29, 1.82) is 0 Å². The molecule has 0 radical (unpaired) electrons.